The summed E-state index contributed by atoms with van der Waals surface area (Å²) in [5.74, 6) is 0. The molecule has 0 aromatic rings. The van der Waals surface area contributed by atoms with E-state index in [-0.39, 0.29) is 59.7 Å². The third kappa shape index (κ3) is 7.59. The van der Waals surface area contributed by atoms with E-state index in [9.17, 15) is 20.4 Å². The van der Waals surface area contributed by atoms with E-state index in [1.54, 1.807) is 23.5 Å². The van der Waals surface area contributed by atoms with Gasteiger partial charge in [0.05, 0.1) is 44.2 Å². The molecule has 11 heteroatoms. The minimum Gasteiger partial charge on any atom is -0.394 e. The predicted molar refractivity (Wildman–Crippen MR) is 120 cm³/mol. The van der Waals surface area contributed by atoms with Gasteiger partial charge < -0.3 is 34.6 Å². The molecule has 0 aromatic carbocycles. The van der Waals surface area contributed by atoms with Crippen molar-refractivity contribution >= 4 is 46.0 Å². The summed E-state index contributed by atoms with van der Waals surface area (Å²) in [5, 5.41) is 39.2. The minimum atomic E-state index is -0.453. The molecule has 9 unspecified atom stereocenters. The maximum atomic E-state index is 10.1. The molecule has 0 saturated carbocycles. The Morgan fingerprint density at radius 2 is 1.10 bits per heavy atom. The van der Waals surface area contributed by atoms with E-state index in [2.05, 4.69) is 11.7 Å². The molecule has 3 aliphatic heterocycles. The van der Waals surface area contributed by atoms with Crippen molar-refractivity contribution in [3.05, 3.63) is 0 Å². The second-order valence-electron chi connectivity index (χ2n) is 7.80. The van der Waals surface area contributed by atoms with Crippen molar-refractivity contribution in [1.29, 1.82) is 0 Å². The summed E-state index contributed by atoms with van der Waals surface area (Å²) in [5.41, 5.74) is -0.249. The van der Waals surface area contributed by atoms with E-state index in [1.807, 2.05) is 0 Å². The minimum absolute atomic E-state index is 0.00146. The standard InChI is InChI=1S/C18H32O7S4/c19-7-11-1-10(22)2-16(23-11)27-14-3-12(8-20)24-17(5-14)28-15-4-13(9-21)25-18(6-15)29-26/h10-22,26H,1-9H2. The van der Waals surface area contributed by atoms with E-state index in [1.165, 1.54) is 10.8 Å². The summed E-state index contributed by atoms with van der Waals surface area (Å²) in [6.45, 7) is -0.109. The van der Waals surface area contributed by atoms with Crippen molar-refractivity contribution in [1.82, 2.24) is 0 Å². The maximum Gasteiger partial charge on any atom is 0.114 e. The molecule has 3 saturated heterocycles. The third-order valence-electron chi connectivity index (χ3n) is 5.41. The molecule has 3 fully saturated rings. The first-order chi connectivity index (χ1) is 14.0. The molecule has 0 aromatic heterocycles. The van der Waals surface area contributed by atoms with Crippen LogP contribution in [0.3, 0.4) is 0 Å². The van der Waals surface area contributed by atoms with Crippen molar-refractivity contribution in [3.63, 3.8) is 0 Å². The Balaban J connectivity index is 1.55. The molecular weight excluding hydrogens is 456 g/mol. The summed E-state index contributed by atoms with van der Waals surface area (Å²) < 4.78 is 17.8. The monoisotopic (exact) mass is 488 g/mol. The Morgan fingerprint density at radius 1 is 0.655 bits per heavy atom. The summed E-state index contributed by atoms with van der Waals surface area (Å²) >= 11 is 7.71. The fourth-order valence-corrected chi connectivity index (χ4v) is 8.43. The highest BCUT2D eigenvalue weighted by atomic mass is 33.1. The van der Waals surface area contributed by atoms with E-state index in [4.69, 9.17) is 14.2 Å². The van der Waals surface area contributed by atoms with Gasteiger partial charge in [-0.1, -0.05) is 10.8 Å². The van der Waals surface area contributed by atoms with Crippen molar-refractivity contribution in [2.45, 2.75) is 89.7 Å². The number of aliphatic hydroxyl groups is 4. The van der Waals surface area contributed by atoms with Crippen LogP contribution in [0.15, 0.2) is 0 Å². The number of hydrogen-bond acceptors (Lipinski definition) is 11. The highest BCUT2D eigenvalue weighted by Gasteiger charge is 2.38. The second kappa shape index (κ2) is 12.4. The van der Waals surface area contributed by atoms with Crippen LogP contribution in [0.2, 0.25) is 0 Å². The van der Waals surface area contributed by atoms with Gasteiger partial charge in [-0.3, -0.25) is 0 Å². The van der Waals surface area contributed by atoms with E-state index in [0.29, 0.717) is 18.1 Å². The molecule has 4 N–H and O–H groups in total. The average Bonchev–Trinajstić information content (AvgIpc) is 2.72. The lowest BCUT2D eigenvalue weighted by Crippen LogP contribution is -2.41. The summed E-state index contributed by atoms with van der Waals surface area (Å²) in [6, 6.07) is 0. The number of ether oxygens (including phenoxy) is 3. The van der Waals surface area contributed by atoms with Crippen LogP contribution in [0, 0.1) is 0 Å². The van der Waals surface area contributed by atoms with Gasteiger partial charge in [0.1, 0.15) is 16.3 Å². The predicted octanol–water partition coefficient (Wildman–Crippen LogP) is 1.62. The summed E-state index contributed by atoms with van der Waals surface area (Å²) in [6.07, 6.45) is 3.03. The first-order valence-corrected chi connectivity index (χ1v) is 13.9. The molecule has 170 valence electrons. The number of aliphatic hydroxyl groups excluding tert-OH is 4. The van der Waals surface area contributed by atoms with Crippen molar-refractivity contribution in [3.8, 4) is 0 Å². The molecule has 0 bridgehead atoms. The Labute approximate surface area is 189 Å². The van der Waals surface area contributed by atoms with Crippen LogP contribution in [0.4, 0.5) is 0 Å². The molecule has 9 atom stereocenters. The molecule has 29 heavy (non-hydrogen) atoms. The van der Waals surface area contributed by atoms with Gasteiger partial charge in [-0.2, -0.15) is 0 Å². The lowest BCUT2D eigenvalue weighted by molar-refractivity contribution is -0.0792. The first kappa shape index (κ1) is 24.8. The van der Waals surface area contributed by atoms with Crippen molar-refractivity contribution in [2.24, 2.45) is 0 Å². The number of hydrogen-bond donors (Lipinski definition) is 5. The Kier molecular flexibility index (Phi) is 10.6. The van der Waals surface area contributed by atoms with Crippen LogP contribution in [0.25, 0.3) is 0 Å². The SMILES string of the molecule is OCC1CC(SC2CC(SC3CC(O)CC(CO)O3)CC(CO)O2)CC(SS)O1. The van der Waals surface area contributed by atoms with Gasteiger partial charge >= 0.3 is 0 Å². The van der Waals surface area contributed by atoms with Gasteiger partial charge in [-0.25, -0.2) is 0 Å². The first-order valence-electron chi connectivity index (χ1n) is 10.1. The van der Waals surface area contributed by atoms with Gasteiger partial charge in [0.15, 0.2) is 0 Å². The van der Waals surface area contributed by atoms with Gasteiger partial charge in [0.2, 0.25) is 0 Å². The number of thioether (sulfide) groups is 2. The largest absolute Gasteiger partial charge is 0.394 e. The smallest absolute Gasteiger partial charge is 0.114 e. The second-order valence-corrected chi connectivity index (χ2v) is 12.1. The Hall–Kier alpha value is 1.12. The van der Waals surface area contributed by atoms with Gasteiger partial charge in [0.25, 0.3) is 0 Å². The molecular formula is C18H32O7S4. The molecule has 0 amide bonds. The van der Waals surface area contributed by atoms with E-state index in [0.717, 1.165) is 25.7 Å². The summed E-state index contributed by atoms with van der Waals surface area (Å²) in [4.78, 5) is 0. The van der Waals surface area contributed by atoms with Crippen LogP contribution in [-0.4, -0.2) is 91.5 Å². The molecule has 3 heterocycles. The Morgan fingerprint density at radius 3 is 1.62 bits per heavy atom. The zero-order valence-corrected chi connectivity index (χ0v) is 19.6. The topological polar surface area (TPSA) is 109 Å². The zero-order valence-electron chi connectivity index (χ0n) is 16.2. The summed E-state index contributed by atoms with van der Waals surface area (Å²) in [7, 11) is 1.36. The third-order valence-corrected chi connectivity index (χ3v) is 9.41. The zero-order chi connectivity index (χ0) is 20.8. The van der Waals surface area contributed by atoms with Gasteiger partial charge in [-0.05, 0) is 25.7 Å². The molecule has 3 aliphatic rings. The van der Waals surface area contributed by atoms with Crippen molar-refractivity contribution in [2.75, 3.05) is 19.8 Å². The molecule has 0 aliphatic carbocycles. The van der Waals surface area contributed by atoms with Crippen LogP contribution in [0.5, 0.6) is 0 Å². The van der Waals surface area contributed by atoms with E-state index < -0.39 is 6.10 Å². The quantitative estimate of drug-likeness (QED) is 0.255. The molecule has 3 rings (SSSR count). The van der Waals surface area contributed by atoms with E-state index >= 15 is 0 Å². The normalized spacial score (nSPS) is 44.0. The average molecular weight is 489 g/mol. The maximum absolute atomic E-state index is 10.1. The lowest BCUT2D eigenvalue weighted by Gasteiger charge is -2.40. The molecule has 0 spiro atoms. The fraction of sp³-hybridized carbons (Fsp3) is 1.00. The number of rotatable bonds is 8. The van der Waals surface area contributed by atoms with Crippen LogP contribution in [-0.2, 0) is 14.2 Å². The van der Waals surface area contributed by atoms with Crippen LogP contribution < -0.4 is 0 Å². The van der Waals surface area contributed by atoms with Crippen molar-refractivity contribution < 1.29 is 34.6 Å². The highest BCUT2D eigenvalue weighted by molar-refractivity contribution is 8.68. The molecule has 7 nitrogen and oxygen atoms in total. The lowest BCUT2D eigenvalue weighted by atomic mass is 10.1. The van der Waals surface area contributed by atoms with Gasteiger partial charge in [-0.15, -0.1) is 35.2 Å². The fourth-order valence-electron chi connectivity index (χ4n) is 4.05. The van der Waals surface area contributed by atoms with Gasteiger partial charge in [0, 0.05) is 23.3 Å². The Bertz CT molecular complexity index is 479. The van der Waals surface area contributed by atoms with Crippen LogP contribution in [0.1, 0.15) is 38.5 Å². The molecule has 0 radical (unpaired) electrons. The van der Waals surface area contributed by atoms with Crippen LogP contribution >= 0.6 is 46.0 Å². The number of thiol groups is 1. The highest BCUT2D eigenvalue weighted by Crippen LogP contribution is 2.43.